The molecule has 0 bridgehead atoms. The first-order chi connectivity index (χ1) is 10.1. The average Bonchev–Trinajstić information content (AvgIpc) is 3.09. The van der Waals surface area contributed by atoms with Gasteiger partial charge in [-0.05, 0) is 24.8 Å². The van der Waals surface area contributed by atoms with Crippen molar-refractivity contribution in [2.45, 2.75) is 37.2 Å². The Balaban J connectivity index is 1.84. The summed E-state index contributed by atoms with van der Waals surface area (Å²) in [5.41, 5.74) is -0.511. The van der Waals surface area contributed by atoms with Gasteiger partial charge in [0.1, 0.15) is 6.10 Å². The molecule has 2 N–H and O–H groups in total. The maximum absolute atomic E-state index is 12.4. The first-order valence-electron chi connectivity index (χ1n) is 7.45. The molecular weight excluding hydrogens is 270 g/mol. The van der Waals surface area contributed by atoms with Gasteiger partial charge in [-0.15, -0.1) is 0 Å². The van der Waals surface area contributed by atoms with Crippen LogP contribution in [0.3, 0.4) is 0 Å². The Morgan fingerprint density at radius 3 is 2.81 bits per heavy atom. The van der Waals surface area contributed by atoms with Gasteiger partial charge >= 0.3 is 0 Å². The molecule has 1 amide bonds. The molecule has 0 radical (unpaired) electrons. The molecule has 0 aliphatic carbocycles. The third kappa shape index (κ3) is 1.44. The summed E-state index contributed by atoms with van der Waals surface area (Å²) >= 11 is 0. The number of carbonyl (C=O) groups excluding carboxylic acids is 1. The van der Waals surface area contributed by atoms with Crippen LogP contribution in [0.2, 0.25) is 0 Å². The van der Waals surface area contributed by atoms with E-state index in [0.717, 1.165) is 18.4 Å². The summed E-state index contributed by atoms with van der Waals surface area (Å²) < 4.78 is 5.52. The number of hydrogen-bond acceptors (Lipinski definition) is 4. The highest BCUT2D eigenvalue weighted by Crippen LogP contribution is 2.59. The smallest absolute Gasteiger partial charge is 0.252 e. The van der Waals surface area contributed by atoms with Crippen LogP contribution in [-0.4, -0.2) is 52.1 Å². The van der Waals surface area contributed by atoms with Crippen LogP contribution in [-0.2, 0) is 16.0 Å². The summed E-state index contributed by atoms with van der Waals surface area (Å²) in [6.07, 6.45) is -0.196. The van der Waals surface area contributed by atoms with E-state index in [1.165, 1.54) is 0 Å². The number of hydrogen-bond donors (Lipinski definition) is 2. The lowest BCUT2D eigenvalue weighted by molar-refractivity contribution is -0.162. The number of carbonyl (C=O) groups is 1. The fourth-order valence-corrected chi connectivity index (χ4v) is 4.60. The third-order valence-electron chi connectivity index (χ3n) is 5.60. The molecule has 3 saturated heterocycles. The van der Waals surface area contributed by atoms with Crippen molar-refractivity contribution in [3.05, 3.63) is 35.9 Å². The van der Waals surface area contributed by atoms with Crippen molar-refractivity contribution in [2.24, 2.45) is 5.41 Å². The van der Waals surface area contributed by atoms with Gasteiger partial charge in [0.2, 0.25) is 0 Å². The molecule has 5 nitrogen and oxygen atoms in total. The van der Waals surface area contributed by atoms with Crippen molar-refractivity contribution in [1.29, 1.82) is 0 Å². The van der Waals surface area contributed by atoms with E-state index in [1.807, 2.05) is 30.3 Å². The molecule has 3 aliphatic heterocycles. The van der Waals surface area contributed by atoms with E-state index in [1.54, 1.807) is 4.90 Å². The van der Waals surface area contributed by atoms with Gasteiger partial charge in [0.15, 0.2) is 6.29 Å². The number of rotatable bonds is 2. The number of benzene rings is 1. The molecule has 1 aromatic rings. The van der Waals surface area contributed by atoms with Gasteiger partial charge in [0.25, 0.3) is 5.91 Å². The maximum Gasteiger partial charge on any atom is 0.252 e. The van der Waals surface area contributed by atoms with Crippen LogP contribution in [0.5, 0.6) is 0 Å². The number of ether oxygens (including phenoxy) is 1. The van der Waals surface area contributed by atoms with E-state index in [0.29, 0.717) is 19.6 Å². The van der Waals surface area contributed by atoms with E-state index >= 15 is 0 Å². The fourth-order valence-electron chi connectivity index (χ4n) is 4.60. The predicted molar refractivity (Wildman–Crippen MR) is 74.2 cm³/mol. The zero-order chi connectivity index (χ0) is 14.7. The zero-order valence-corrected chi connectivity index (χ0v) is 11.7. The highest BCUT2D eigenvalue weighted by Gasteiger charge is 2.75. The summed E-state index contributed by atoms with van der Waals surface area (Å²) in [6, 6.07) is 9.70. The van der Waals surface area contributed by atoms with Crippen molar-refractivity contribution in [3.8, 4) is 0 Å². The second-order valence-electron chi connectivity index (χ2n) is 6.39. The zero-order valence-electron chi connectivity index (χ0n) is 11.7. The molecule has 5 heteroatoms. The first kappa shape index (κ1) is 13.2. The number of aliphatic hydroxyl groups is 2. The van der Waals surface area contributed by atoms with Crippen LogP contribution in [0, 0.1) is 5.41 Å². The van der Waals surface area contributed by atoms with Gasteiger partial charge in [0, 0.05) is 6.54 Å². The Bertz CT molecular complexity index is 577. The second-order valence-corrected chi connectivity index (χ2v) is 6.39. The van der Waals surface area contributed by atoms with Gasteiger partial charge in [-0.3, -0.25) is 4.79 Å². The van der Waals surface area contributed by atoms with Crippen molar-refractivity contribution in [3.63, 3.8) is 0 Å². The summed E-state index contributed by atoms with van der Waals surface area (Å²) in [5.74, 6) is -0.259. The van der Waals surface area contributed by atoms with E-state index in [-0.39, 0.29) is 5.91 Å². The largest absolute Gasteiger partial charge is 0.382 e. The van der Waals surface area contributed by atoms with Crippen LogP contribution in [0.25, 0.3) is 0 Å². The van der Waals surface area contributed by atoms with E-state index in [9.17, 15) is 15.0 Å². The normalized spacial score (nSPS) is 41.4. The topological polar surface area (TPSA) is 70.0 Å². The van der Waals surface area contributed by atoms with Crippen molar-refractivity contribution in [1.82, 2.24) is 4.90 Å². The molecule has 4 rings (SSSR count). The molecule has 3 heterocycles. The van der Waals surface area contributed by atoms with Crippen LogP contribution < -0.4 is 0 Å². The standard InChI is InChI=1S/C16H19NO4/c18-12-13(19)17-8-4-7-15(17)10-21-14(20)16(12,15)9-11-5-2-1-3-6-11/h1-3,5-6,12,14,18,20H,4,7-10H2/t12-,14?,15+,16-/m1/s1. The molecule has 4 atom stereocenters. The molecular formula is C16H19NO4. The Morgan fingerprint density at radius 2 is 2.05 bits per heavy atom. The first-order valence-corrected chi connectivity index (χ1v) is 7.45. The molecule has 0 aromatic heterocycles. The third-order valence-corrected chi connectivity index (χ3v) is 5.60. The molecule has 1 aromatic carbocycles. The second kappa shape index (κ2) is 4.29. The van der Waals surface area contributed by atoms with E-state index < -0.39 is 23.3 Å². The number of amides is 1. The monoisotopic (exact) mass is 289 g/mol. The van der Waals surface area contributed by atoms with Crippen LogP contribution in [0.1, 0.15) is 18.4 Å². The van der Waals surface area contributed by atoms with Crippen LogP contribution >= 0.6 is 0 Å². The van der Waals surface area contributed by atoms with E-state index in [2.05, 4.69) is 0 Å². The van der Waals surface area contributed by atoms with Crippen LogP contribution in [0.4, 0.5) is 0 Å². The molecule has 0 saturated carbocycles. The summed E-state index contributed by atoms with van der Waals surface area (Å²) in [6.45, 7) is 0.951. The molecule has 3 fully saturated rings. The lowest BCUT2D eigenvalue weighted by atomic mass is 9.65. The Hall–Kier alpha value is -1.43. The van der Waals surface area contributed by atoms with Crippen molar-refractivity contribution in [2.75, 3.05) is 13.2 Å². The number of nitrogens with zero attached hydrogens (tertiary/aromatic N) is 1. The van der Waals surface area contributed by atoms with E-state index in [4.69, 9.17) is 4.74 Å². The van der Waals surface area contributed by atoms with Crippen LogP contribution in [0.15, 0.2) is 30.3 Å². The summed E-state index contributed by atoms with van der Waals surface area (Å²) in [5, 5.41) is 21.1. The minimum absolute atomic E-state index is 0.259. The number of aliphatic hydroxyl groups excluding tert-OH is 2. The summed E-state index contributed by atoms with van der Waals surface area (Å²) in [7, 11) is 0. The Labute approximate surface area is 123 Å². The lowest BCUT2D eigenvalue weighted by Crippen LogP contribution is -2.55. The van der Waals surface area contributed by atoms with Gasteiger partial charge in [-0.2, -0.15) is 0 Å². The molecule has 3 aliphatic rings. The molecule has 112 valence electrons. The highest BCUT2D eigenvalue weighted by molar-refractivity contribution is 5.87. The quantitative estimate of drug-likeness (QED) is 0.821. The molecule has 1 unspecified atom stereocenters. The minimum Gasteiger partial charge on any atom is -0.382 e. The van der Waals surface area contributed by atoms with Gasteiger partial charge in [-0.25, -0.2) is 0 Å². The fraction of sp³-hybridized carbons (Fsp3) is 0.562. The average molecular weight is 289 g/mol. The molecule has 21 heavy (non-hydrogen) atoms. The lowest BCUT2D eigenvalue weighted by Gasteiger charge is -2.41. The SMILES string of the molecule is O=C1[C@@H](O)[C@]2(Cc3ccccc3)C(O)OC[C@@]23CCCN13. The predicted octanol–water partition coefficient (Wildman–Crippen LogP) is 0.300. The van der Waals surface area contributed by atoms with Gasteiger partial charge in [-0.1, -0.05) is 30.3 Å². The van der Waals surface area contributed by atoms with Crippen molar-refractivity contribution < 1.29 is 19.7 Å². The summed E-state index contributed by atoms with van der Waals surface area (Å²) in [4.78, 5) is 14.2. The van der Waals surface area contributed by atoms with Gasteiger partial charge < -0.3 is 19.8 Å². The Kier molecular flexibility index (Phi) is 2.70. The minimum atomic E-state index is -1.20. The Morgan fingerprint density at radius 1 is 1.29 bits per heavy atom. The van der Waals surface area contributed by atoms with Gasteiger partial charge in [0.05, 0.1) is 17.6 Å². The molecule has 1 spiro atoms. The van der Waals surface area contributed by atoms with Crippen molar-refractivity contribution >= 4 is 5.91 Å². The maximum atomic E-state index is 12.4. The highest BCUT2D eigenvalue weighted by atomic mass is 16.6.